The number of halogens is 1. The number of nitrogens with two attached hydrogens (primary N) is 1. The van der Waals surface area contributed by atoms with E-state index in [9.17, 15) is 9.65 Å². The van der Waals surface area contributed by atoms with Gasteiger partial charge in [-0.1, -0.05) is 23.4 Å². The predicted octanol–water partition coefficient (Wildman–Crippen LogP) is 2.58. The van der Waals surface area contributed by atoms with Crippen molar-refractivity contribution in [3.8, 4) is 28.8 Å². The molecule has 5 heterocycles. The van der Waals surface area contributed by atoms with Crippen molar-refractivity contribution in [2.24, 2.45) is 5.41 Å². The Hall–Kier alpha value is -4.27. The molecular formula is C26H24FN9O. The minimum Gasteiger partial charge on any atom is -0.381 e. The first-order chi connectivity index (χ1) is 17.9. The Kier molecular flexibility index (Phi) is 5.62. The fraction of sp³-hybridized carbons (Fsp3) is 0.308. The molecule has 0 radical (unpaired) electrons. The van der Waals surface area contributed by atoms with Gasteiger partial charge < -0.3 is 10.5 Å². The van der Waals surface area contributed by atoms with Gasteiger partial charge in [0.15, 0.2) is 17.5 Å². The summed E-state index contributed by atoms with van der Waals surface area (Å²) < 4.78 is 21.9. The average Bonchev–Trinajstić information content (AvgIpc) is 3.30. The van der Waals surface area contributed by atoms with Crippen molar-refractivity contribution in [2.45, 2.75) is 20.0 Å². The van der Waals surface area contributed by atoms with Gasteiger partial charge >= 0.3 is 0 Å². The summed E-state index contributed by atoms with van der Waals surface area (Å²) in [6.07, 6.45) is 1.61. The van der Waals surface area contributed by atoms with E-state index in [2.05, 4.69) is 31.2 Å². The van der Waals surface area contributed by atoms with Crippen molar-refractivity contribution < 1.29 is 9.13 Å². The number of likely N-dealkylation sites (tertiary alicyclic amines) is 1. The average molecular weight is 498 g/mol. The molecule has 0 bridgehead atoms. The van der Waals surface area contributed by atoms with Crippen LogP contribution in [0.1, 0.15) is 22.5 Å². The van der Waals surface area contributed by atoms with Gasteiger partial charge in [0.25, 0.3) is 0 Å². The standard InChI is InChI=1S/C26H24FN9O/c1-16-17(8-28)4-2-7-20(16)25-31-23(22(27)24(29)32-25)21-11-36(34-33-21)10-19-6-3-5-18(30-19)9-35-12-26(13-35)14-37-15-26/h2-7,11H,9-10,12-15H2,1H3,(H2,29,31,32). The number of ether oxygens (including phenoxy) is 1. The highest BCUT2D eigenvalue weighted by atomic mass is 19.1. The normalized spacial score (nSPS) is 16.2. The van der Waals surface area contributed by atoms with E-state index in [1.54, 1.807) is 36.0 Å². The predicted molar refractivity (Wildman–Crippen MR) is 132 cm³/mol. The second-order valence-corrected chi connectivity index (χ2v) is 9.74. The van der Waals surface area contributed by atoms with Crippen LogP contribution < -0.4 is 5.73 Å². The number of benzene rings is 1. The molecule has 2 saturated heterocycles. The van der Waals surface area contributed by atoms with Crippen LogP contribution in [0, 0.1) is 29.5 Å². The number of nitrogens with zero attached hydrogens (tertiary/aromatic N) is 8. The van der Waals surface area contributed by atoms with Crippen molar-refractivity contribution in [2.75, 3.05) is 32.0 Å². The highest BCUT2D eigenvalue weighted by Crippen LogP contribution is 2.38. The van der Waals surface area contributed by atoms with Crippen molar-refractivity contribution >= 4 is 5.82 Å². The first-order valence-electron chi connectivity index (χ1n) is 11.9. The lowest BCUT2D eigenvalue weighted by Crippen LogP contribution is -2.65. The van der Waals surface area contributed by atoms with Gasteiger partial charge in [0.05, 0.1) is 49.0 Å². The maximum atomic E-state index is 15.0. The number of pyridine rings is 1. The smallest absolute Gasteiger partial charge is 0.193 e. The van der Waals surface area contributed by atoms with E-state index < -0.39 is 5.82 Å². The molecular weight excluding hydrogens is 473 g/mol. The lowest BCUT2D eigenvalue weighted by Gasteiger charge is -2.55. The molecule has 2 N–H and O–H groups in total. The van der Waals surface area contributed by atoms with Crippen LogP contribution in [0.2, 0.25) is 0 Å². The van der Waals surface area contributed by atoms with E-state index in [0.717, 1.165) is 44.2 Å². The van der Waals surface area contributed by atoms with Crippen LogP contribution in [-0.4, -0.2) is 61.1 Å². The highest BCUT2D eigenvalue weighted by molar-refractivity contribution is 5.69. The topological polar surface area (TPSA) is 132 Å². The van der Waals surface area contributed by atoms with Gasteiger partial charge in [-0.2, -0.15) is 5.26 Å². The molecule has 0 amide bonds. The molecule has 11 heteroatoms. The van der Waals surface area contributed by atoms with E-state index >= 15 is 0 Å². The first kappa shape index (κ1) is 23.1. The van der Waals surface area contributed by atoms with Gasteiger partial charge in [-0.25, -0.2) is 19.0 Å². The summed E-state index contributed by atoms with van der Waals surface area (Å²) >= 11 is 0. The molecule has 6 rings (SSSR count). The van der Waals surface area contributed by atoms with Crippen LogP contribution in [0.4, 0.5) is 10.2 Å². The van der Waals surface area contributed by atoms with Crippen molar-refractivity contribution in [1.29, 1.82) is 5.26 Å². The molecule has 2 aliphatic rings. The minimum absolute atomic E-state index is 0.0519. The van der Waals surface area contributed by atoms with E-state index in [-0.39, 0.29) is 23.0 Å². The number of nitriles is 1. The third-order valence-corrected chi connectivity index (χ3v) is 6.86. The number of nitrogen functional groups attached to an aromatic ring is 1. The Bertz CT molecular complexity index is 1530. The minimum atomic E-state index is -0.769. The second kappa shape index (κ2) is 8.99. The molecule has 0 aliphatic carbocycles. The molecule has 4 aromatic rings. The number of rotatable bonds is 6. The third-order valence-electron chi connectivity index (χ3n) is 6.86. The van der Waals surface area contributed by atoms with Gasteiger partial charge in [-0.15, -0.1) is 5.10 Å². The largest absolute Gasteiger partial charge is 0.381 e. The Morgan fingerprint density at radius 3 is 2.57 bits per heavy atom. The Morgan fingerprint density at radius 2 is 1.84 bits per heavy atom. The molecule has 10 nitrogen and oxygen atoms in total. The van der Waals surface area contributed by atoms with Crippen LogP contribution in [0.15, 0.2) is 42.6 Å². The molecule has 3 aromatic heterocycles. The molecule has 186 valence electrons. The van der Waals surface area contributed by atoms with E-state index in [1.807, 2.05) is 18.2 Å². The summed E-state index contributed by atoms with van der Waals surface area (Å²) in [5.41, 5.74) is 10.0. The SMILES string of the molecule is Cc1c(C#N)cccc1-c1nc(N)c(F)c(-c2cn(Cc3cccc(CN4CC5(COC5)C4)n3)nn2)n1. The quantitative estimate of drug-likeness (QED) is 0.427. The molecule has 1 spiro atoms. The maximum Gasteiger partial charge on any atom is 0.193 e. The zero-order valence-electron chi connectivity index (χ0n) is 20.2. The summed E-state index contributed by atoms with van der Waals surface area (Å²) in [5.74, 6) is -0.852. The van der Waals surface area contributed by atoms with Crippen LogP contribution >= 0.6 is 0 Å². The fourth-order valence-corrected chi connectivity index (χ4v) is 4.93. The molecule has 1 aromatic carbocycles. The Labute approximate surface area is 212 Å². The van der Waals surface area contributed by atoms with Gasteiger partial charge in [0, 0.05) is 30.6 Å². The first-order valence-corrected chi connectivity index (χ1v) is 11.9. The molecule has 0 saturated carbocycles. The van der Waals surface area contributed by atoms with Crippen LogP contribution in [-0.2, 0) is 17.8 Å². The van der Waals surface area contributed by atoms with Crippen LogP contribution in [0.3, 0.4) is 0 Å². The van der Waals surface area contributed by atoms with Crippen molar-refractivity contribution in [3.63, 3.8) is 0 Å². The van der Waals surface area contributed by atoms with Crippen LogP contribution in [0.5, 0.6) is 0 Å². The number of anilines is 1. The van der Waals surface area contributed by atoms with Crippen molar-refractivity contribution in [1.82, 2.24) is 34.8 Å². The lowest BCUT2D eigenvalue weighted by molar-refractivity contribution is -0.191. The van der Waals surface area contributed by atoms with Crippen LogP contribution in [0.25, 0.3) is 22.8 Å². The van der Waals surface area contributed by atoms with Gasteiger partial charge in [-0.05, 0) is 30.7 Å². The molecule has 0 atom stereocenters. The summed E-state index contributed by atoms with van der Waals surface area (Å²) in [5, 5.41) is 17.6. The second-order valence-electron chi connectivity index (χ2n) is 9.74. The summed E-state index contributed by atoms with van der Waals surface area (Å²) in [4.78, 5) is 15.6. The summed E-state index contributed by atoms with van der Waals surface area (Å²) in [6.45, 7) is 6.75. The Morgan fingerprint density at radius 1 is 1.08 bits per heavy atom. The van der Waals surface area contributed by atoms with Gasteiger partial charge in [0.2, 0.25) is 0 Å². The third kappa shape index (κ3) is 4.30. The zero-order valence-corrected chi connectivity index (χ0v) is 20.2. The summed E-state index contributed by atoms with van der Waals surface area (Å²) in [6, 6.07) is 13.2. The van der Waals surface area contributed by atoms with E-state index in [1.165, 1.54) is 0 Å². The van der Waals surface area contributed by atoms with Gasteiger partial charge in [0.1, 0.15) is 11.4 Å². The van der Waals surface area contributed by atoms with E-state index in [4.69, 9.17) is 15.5 Å². The molecule has 2 fully saturated rings. The summed E-state index contributed by atoms with van der Waals surface area (Å²) in [7, 11) is 0. The molecule has 0 unspecified atom stereocenters. The van der Waals surface area contributed by atoms with E-state index in [0.29, 0.717) is 28.7 Å². The number of hydrogen-bond acceptors (Lipinski definition) is 9. The molecule has 37 heavy (non-hydrogen) atoms. The fourth-order valence-electron chi connectivity index (χ4n) is 4.93. The number of aromatic nitrogens is 6. The monoisotopic (exact) mass is 497 g/mol. The Balaban J connectivity index is 1.22. The molecule has 2 aliphatic heterocycles. The zero-order chi connectivity index (χ0) is 25.6. The number of hydrogen-bond donors (Lipinski definition) is 1. The van der Waals surface area contributed by atoms with Crippen molar-refractivity contribution in [3.05, 3.63) is 70.9 Å². The highest BCUT2D eigenvalue weighted by Gasteiger charge is 2.48. The maximum absolute atomic E-state index is 15.0. The van der Waals surface area contributed by atoms with Gasteiger partial charge in [-0.3, -0.25) is 9.88 Å². The lowest BCUT2D eigenvalue weighted by atomic mass is 9.78.